The Morgan fingerprint density at radius 3 is 2.17 bits per heavy atom. The smallest absolute Gasteiger partial charge is 0.214 e. The van der Waals surface area contributed by atoms with E-state index >= 15 is 0 Å². The third kappa shape index (κ3) is 1.08. The van der Waals surface area contributed by atoms with E-state index in [2.05, 4.69) is 0 Å². The van der Waals surface area contributed by atoms with Crippen LogP contribution in [-0.2, 0) is 10.0 Å². The predicted molar refractivity (Wildman–Crippen MR) is 43.7 cm³/mol. The molecule has 4 nitrogen and oxygen atoms in total. The lowest BCUT2D eigenvalue weighted by Crippen LogP contribution is -2.42. The summed E-state index contributed by atoms with van der Waals surface area (Å²) in [5.41, 5.74) is 0. The zero-order valence-electron chi connectivity index (χ0n) is 6.68. The predicted octanol–water partition coefficient (Wildman–Crippen LogP) is -0.566. The molecule has 0 aromatic carbocycles. The Morgan fingerprint density at radius 1 is 1.25 bits per heavy atom. The van der Waals surface area contributed by atoms with Crippen LogP contribution in [0.25, 0.3) is 0 Å². The van der Waals surface area contributed by atoms with Crippen LogP contribution in [0.15, 0.2) is 0 Å². The van der Waals surface area contributed by atoms with Crippen molar-refractivity contribution in [2.75, 3.05) is 0 Å². The van der Waals surface area contributed by atoms with Crippen molar-refractivity contribution < 1.29 is 13.5 Å². The number of nitrogens with two attached hydrogens (primary N) is 1. The quantitative estimate of drug-likeness (QED) is 0.582. The van der Waals surface area contributed by atoms with E-state index in [1.54, 1.807) is 0 Å². The van der Waals surface area contributed by atoms with E-state index < -0.39 is 21.4 Å². The number of hydrogen-bond donors (Lipinski definition) is 2. The molecule has 2 aliphatic carbocycles. The first kappa shape index (κ1) is 8.47. The third-order valence-electron chi connectivity index (χ3n) is 3.18. The first-order valence-corrected chi connectivity index (χ1v) is 5.81. The largest absolute Gasteiger partial charge is 0.391 e. The molecule has 0 heterocycles. The van der Waals surface area contributed by atoms with Crippen molar-refractivity contribution in [2.24, 2.45) is 17.0 Å². The fraction of sp³-hybridized carbons (Fsp3) is 1.00. The summed E-state index contributed by atoms with van der Waals surface area (Å²) in [6.45, 7) is 0. The molecule has 0 amide bonds. The average Bonchev–Trinajstić information content (AvgIpc) is 2.42. The van der Waals surface area contributed by atoms with Gasteiger partial charge in [-0.1, -0.05) is 0 Å². The molecule has 4 atom stereocenters. The van der Waals surface area contributed by atoms with E-state index in [1.165, 1.54) is 0 Å². The van der Waals surface area contributed by atoms with E-state index in [0.717, 1.165) is 19.3 Å². The fourth-order valence-corrected chi connectivity index (χ4v) is 4.07. The van der Waals surface area contributed by atoms with Gasteiger partial charge in [-0.05, 0) is 31.1 Å². The number of aliphatic hydroxyl groups excluding tert-OH is 1. The second kappa shape index (κ2) is 2.43. The van der Waals surface area contributed by atoms with Crippen LogP contribution in [0.4, 0.5) is 0 Å². The van der Waals surface area contributed by atoms with Crippen molar-refractivity contribution in [3.63, 3.8) is 0 Å². The molecule has 0 spiro atoms. The topological polar surface area (TPSA) is 80.4 Å². The molecule has 0 aromatic rings. The van der Waals surface area contributed by atoms with Crippen LogP contribution in [0.1, 0.15) is 19.3 Å². The standard InChI is InChI=1S/C7H13NO3S/c8-12(10,11)7-5-2-1-4(3-5)6(7)9/h4-7,9H,1-3H2,(H2,8,10,11). The SMILES string of the molecule is NS(=O)(=O)C1C2CCC(C2)C1O. The maximum Gasteiger partial charge on any atom is 0.214 e. The minimum atomic E-state index is -3.53. The van der Waals surface area contributed by atoms with Gasteiger partial charge in [0.2, 0.25) is 10.0 Å². The van der Waals surface area contributed by atoms with Gasteiger partial charge in [0.05, 0.1) is 6.10 Å². The summed E-state index contributed by atoms with van der Waals surface area (Å²) in [4.78, 5) is 0. The van der Waals surface area contributed by atoms with Gasteiger partial charge in [-0.2, -0.15) is 0 Å². The molecule has 70 valence electrons. The Labute approximate surface area is 71.8 Å². The maximum absolute atomic E-state index is 11.1. The Morgan fingerprint density at radius 2 is 1.83 bits per heavy atom. The van der Waals surface area contributed by atoms with Crippen molar-refractivity contribution >= 4 is 10.0 Å². The molecule has 5 heteroatoms. The van der Waals surface area contributed by atoms with E-state index in [9.17, 15) is 13.5 Å². The minimum absolute atomic E-state index is 0.111. The highest BCUT2D eigenvalue weighted by Gasteiger charge is 2.51. The second-order valence-corrected chi connectivity index (χ2v) is 5.60. The van der Waals surface area contributed by atoms with Gasteiger partial charge in [0.15, 0.2) is 0 Å². The van der Waals surface area contributed by atoms with E-state index in [0.29, 0.717) is 0 Å². The number of hydrogen-bond acceptors (Lipinski definition) is 3. The summed E-state index contributed by atoms with van der Waals surface area (Å²) in [5.74, 6) is 0.290. The molecule has 12 heavy (non-hydrogen) atoms. The molecular formula is C7H13NO3S. The van der Waals surface area contributed by atoms with Crippen LogP contribution in [0, 0.1) is 11.8 Å². The molecule has 2 bridgehead atoms. The molecule has 0 aromatic heterocycles. The Kier molecular flexibility index (Phi) is 1.72. The molecule has 3 N–H and O–H groups in total. The van der Waals surface area contributed by atoms with Crippen LogP contribution in [0.5, 0.6) is 0 Å². The molecule has 0 radical (unpaired) electrons. The van der Waals surface area contributed by atoms with Crippen molar-refractivity contribution in [1.82, 2.24) is 0 Å². The van der Waals surface area contributed by atoms with E-state index in [-0.39, 0.29) is 11.8 Å². The Bertz CT molecular complexity index is 285. The van der Waals surface area contributed by atoms with Crippen LogP contribution < -0.4 is 5.14 Å². The molecule has 4 unspecified atom stereocenters. The summed E-state index contributed by atoms with van der Waals surface area (Å²) >= 11 is 0. The highest BCUT2D eigenvalue weighted by atomic mass is 32.2. The van der Waals surface area contributed by atoms with Crippen molar-refractivity contribution in [3.05, 3.63) is 0 Å². The maximum atomic E-state index is 11.1. The fourth-order valence-electron chi connectivity index (χ4n) is 2.67. The lowest BCUT2D eigenvalue weighted by atomic mass is 9.97. The molecule has 0 aliphatic heterocycles. The second-order valence-electron chi connectivity index (χ2n) is 3.88. The minimum Gasteiger partial charge on any atom is -0.391 e. The molecule has 2 aliphatic rings. The van der Waals surface area contributed by atoms with Crippen LogP contribution in [0.3, 0.4) is 0 Å². The lowest BCUT2D eigenvalue weighted by molar-refractivity contribution is 0.116. The summed E-state index contributed by atoms with van der Waals surface area (Å²) in [5, 5.41) is 13.9. The molecule has 2 saturated carbocycles. The molecule has 0 saturated heterocycles. The van der Waals surface area contributed by atoms with Gasteiger partial charge in [-0.3, -0.25) is 0 Å². The summed E-state index contributed by atoms with van der Waals surface area (Å²) in [6.07, 6.45) is 1.99. The number of sulfonamides is 1. The number of rotatable bonds is 1. The summed E-state index contributed by atoms with van der Waals surface area (Å²) < 4.78 is 22.1. The van der Waals surface area contributed by atoms with Gasteiger partial charge < -0.3 is 5.11 Å². The van der Waals surface area contributed by atoms with Gasteiger partial charge in [-0.15, -0.1) is 0 Å². The van der Waals surface area contributed by atoms with Crippen LogP contribution in [0.2, 0.25) is 0 Å². The number of aliphatic hydroxyl groups is 1. The van der Waals surface area contributed by atoms with E-state index in [4.69, 9.17) is 5.14 Å². The molecular weight excluding hydrogens is 178 g/mol. The van der Waals surface area contributed by atoms with Gasteiger partial charge in [0.25, 0.3) is 0 Å². The lowest BCUT2D eigenvalue weighted by Gasteiger charge is -2.24. The van der Waals surface area contributed by atoms with Crippen molar-refractivity contribution in [3.8, 4) is 0 Å². The highest BCUT2D eigenvalue weighted by Crippen LogP contribution is 2.46. The van der Waals surface area contributed by atoms with E-state index in [1.807, 2.05) is 0 Å². The number of fused-ring (bicyclic) bond motifs is 2. The Balaban J connectivity index is 2.29. The zero-order valence-corrected chi connectivity index (χ0v) is 7.50. The molecule has 2 rings (SSSR count). The van der Waals surface area contributed by atoms with Crippen molar-refractivity contribution in [2.45, 2.75) is 30.6 Å². The monoisotopic (exact) mass is 191 g/mol. The first-order valence-electron chi connectivity index (χ1n) is 4.20. The van der Waals surface area contributed by atoms with Crippen LogP contribution >= 0.6 is 0 Å². The van der Waals surface area contributed by atoms with Crippen LogP contribution in [-0.4, -0.2) is 24.9 Å². The van der Waals surface area contributed by atoms with Crippen molar-refractivity contribution in [1.29, 1.82) is 0 Å². The highest BCUT2D eigenvalue weighted by molar-refractivity contribution is 7.89. The zero-order chi connectivity index (χ0) is 8.93. The van der Waals surface area contributed by atoms with Gasteiger partial charge in [0, 0.05) is 0 Å². The molecule has 2 fully saturated rings. The third-order valence-corrected chi connectivity index (χ3v) is 4.60. The first-order chi connectivity index (χ1) is 5.50. The summed E-state index contributed by atoms with van der Waals surface area (Å²) in [6, 6.07) is 0. The average molecular weight is 191 g/mol. The van der Waals surface area contributed by atoms with Gasteiger partial charge in [-0.25, -0.2) is 13.6 Å². The van der Waals surface area contributed by atoms with Gasteiger partial charge in [0.1, 0.15) is 5.25 Å². The van der Waals surface area contributed by atoms with Gasteiger partial charge >= 0.3 is 0 Å². The Hall–Kier alpha value is -0.130. The normalized spacial score (nSPS) is 46.8. The summed E-state index contributed by atoms with van der Waals surface area (Å²) in [7, 11) is -3.53. The number of primary sulfonamides is 1.